The van der Waals surface area contributed by atoms with Crippen molar-refractivity contribution in [3.8, 4) is 11.1 Å². The summed E-state index contributed by atoms with van der Waals surface area (Å²) in [4.78, 5) is 23.7. The van der Waals surface area contributed by atoms with Crippen LogP contribution >= 0.6 is 0 Å². The van der Waals surface area contributed by atoms with Gasteiger partial charge in [0.15, 0.2) is 5.82 Å². The Labute approximate surface area is 146 Å². The van der Waals surface area contributed by atoms with Crippen molar-refractivity contribution >= 4 is 17.7 Å². The summed E-state index contributed by atoms with van der Waals surface area (Å²) in [5, 5.41) is 17.1. The highest BCUT2D eigenvalue weighted by molar-refractivity contribution is 6.01. The van der Waals surface area contributed by atoms with Gasteiger partial charge in [0.05, 0.1) is 17.4 Å². The molecule has 1 aromatic carbocycles. The van der Waals surface area contributed by atoms with Crippen LogP contribution in [0.2, 0.25) is 0 Å². The first-order chi connectivity index (χ1) is 12.0. The number of aromatic nitrogens is 2. The molecule has 1 amide bonds. The zero-order valence-electron chi connectivity index (χ0n) is 13.9. The van der Waals surface area contributed by atoms with E-state index >= 15 is 0 Å². The van der Waals surface area contributed by atoms with Gasteiger partial charge in [-0.25, -0.2) is 0 Å². The highest BCUT2D eigenvalue weighted by Gasteiger charge is 2.66. The van der Waals surface area contributed by atoms with E-state index in [0.717, 1.165) is 0 Å². The number of benzene rings is 1. The number of hydrogen-bond acceptors (Lipinski definition) is 3. The van der Waals surface area contributed by atoms with Crippen LogP contribution in [0, 0.1) is 17.3 Å². The topological polar surface area (TPSA) is 95.1 Å². The minimum absolute atomic E-state index is 0.230. The van der Waals surface area contributed by atoms with Crippen LogP contribution in [-0.2, 0) is 15.8 Å². The van der Waals surface area contributed by atoms with E-state index in [2.05, 4.69) is 10.4 Å². The molecule has 3 rings (SSSR count). The van der Waals surface area contributed by atoms with Gasteiger partial charge in [0.25, 0.3) is 0 Å². The predicted molar refractivity (Wildman–Crippen MR) is 86.1 cm³/mol. The van der Waals surface area contributed by atoms with Gasteiger partial charge in [-0.1, -0.05) is 44.2 Å². The molecule has 0 radical (unpaired) electrons. The van der Waals surface area contributed by atoms with E-state index < -0.39 is 41.0 Å². The second-order valence-corrected chi connectivity index (χ2v) is 6.79. The van der Waals surface area contributed by atoms with E-state index in [9.17, 15) is 22.8 Å². The third kappa shape index (κ3) is 2.93. The number of carboxylic acids is 1. The van der Waals surface area contributed by atoms with Gasteiger partial charge in [-0.15, -0.1) is 0 Å². The summed E-state index contributed by atoms with van der Waals surface area (Å²) in [6.45, 7) is 3.25. The predicted octanol–water partition coefficient (Wildman–Crippen LogP) is 3.39. The second kappa shape index (κ2) is 5.86. The van der Waals surface area contributed by atoms with Gasteiger partial charge < -0.3 is 10.4 Å². The highest BCUT2D eigenvalue weighted by atomic mass is 19.4. The monoisotopic (exact) mass is 367 g/mol. The van der Waals surface area contributed by atoms with Crippen molar-refractivity contribution in [2.75, 3.05) is 5.32 Å². The van der Waals surface area contributed by atoms with E-state index in [1.165, 1.54) is 12.1 Å². The van der Waals surface area contributed by atoms with Gasteiger partial charge in [0.1, 0.15) is 5.69 Å². The summed E-state index contributed by atoms with van der Waals surface area (Å²) < 4.78 is 39.9. The van der Waals surface area contributed by atoms with Crippen LogP contribution in [-0.4, -0.2) is 27.2 Å². The highest BCUT2D eigenvalue weighted by Crippen LogP contribution is 2.58. The molecular formula is C17H16F3N3O3. The number of amides is 1. The number of carboxylic acid groups (broad SMARTS) is 1. The molecule has 0 bridgehead atoms. The number of carbonyl (C=O) groups is 2. The Bertz CT molecular complexity index is 859. The quantitative estimate of drug-likeness (QED) is 0.772. The largest absolute Gasteiger partial charge is 0.481 e. The van der Waals surface area contributed by atoms with Gasteiger partial charge in [-0.05, 0) is 11.0 Å². The number of H-pyrrole nitrogens is 1. The maximum atomic E-state index is 13.3. The molecule has 1 saturated carbocycles. The Morgan fingerprint density at radius 3 is 2.31 bits per heavy atom. The van der Waals surface area contributed by atoms with Crippen LogP contribution in [0.3, 0.4) is 0 Å². The summed E-state index contributed by atoms with van der Waals surface area (Å²) >= 11 is 0. The van der Waals surface area contributed by atoms with Gasteiger partial charge in [0, 0.05) is 0 Å². The molecule has 1 aliphatic carbocycles. The average molecular weight is 367 g/mol. The average Bonchev–Trinajstić information content (AvgIpc) is 2.90. The minimum atomic E-state index is -4.69. The molecule has 6 nitrogen and oxygen atoms in total. The second-order valence-electron chi connectivity index (χ2n) is 6.79. The number of aromatic amines is 1. The number of aliphatic carboxylic acids is 1. The Hall–Kier alpha value is -2.84. The number of nitrogens with zero attached hydrogens (tertiary/aromatic N) is 1. The lowest BCUT2D eigenvalue weighted by molar-refractivity contribution is -0.141. The zero-order valence-corrected chi connectivity index (χ0v) is 13.9. The zero-order chi connectivity index (χ0) is 19.3. The maximum Gasteiger partial charge on any atom is 0.433 e. The lowest BCUT2D eigenvalue weighted by Crippen LogP contribution is -2.18. The fourth-order valence-electron chi connectivity index (χ4n) is 3.31. The molecule has 1 aromatic heterocycles. The Balaban J connectivity index is 1.96. The lowest BCUT2D eigenvalue weighted by Gasteiger charge is -2.10. The molecule has 0 unspecified atom stereocenters. The number of rotatable bonds is 4. The van der Waals surface area contributed by atoms with Crippen molar-refractivity contribution in [1.82, 2.24) is 10.2 Å². The summed E-state index contributed by atoms with van der Waals surface area (Å²) in [5.74, 6) is -3.78. The molecule has 9 heteroatoms. The first-order valence-electron chi connectivity index (χ1n) is 7.79. The fourth-order valence-corrected chi connectivity index (χ4v) is 3.31. The summed E-state index contributed by atoms with van der Waals surface area (Å²) in [6.07, 6.45) is -4.69. The Kier molecular flexibility index (Phi) is 4.05. The maximum absolute atomic E-state index is 13.3. The van der Waals surface area contributed by atoms with Gasteiger partial charge in [0.2, 0.25) is 5.91 Å². The molecule has 1 aliphatic rings. The minimum Gasteiger partial charge on any atom is -0.481 e. The number of anilines is 1. The number of alkyl halides is 3. The lowest BCUT2D eigenvalue weighted by atomic mass is 10.0. The summed E-state index contributed by atoms with van der Waals surface area (Å²) in [5.41, 5.74) is -1.90. The molecule has 1 heterocycles. The molecule has 3 N–H and O–H groups in total. The molecule has 2 aromatic rings. The van der Waals surface area contributed by atoms with Crippen LogP contribution in [0.25, 0.3) is 11.1 Å². The van der Waals surface area contributed by atoms with E-state index in [-0.39, 0.29) is 16.9 Å². The number of nitrogens with one attached hydrogen (secondary N) is 2. The number of halogens is 3. The van der Waals surface area contributed by atoms with Gasteiger partial charge in [-0.2, -0.15) is 18.3 Å². The molecule has 0 spiro atoms. The first kappa shape index (κ1) is 18.0. The van der Waals surface area contributed by atoms with Crippen LogP contribution in [0.1, 0.15) is 19.5 Å². The van der Waals surface area contributed by atoms with Crippen molar-refractivity contribution < 1.29 is 27.9 Å². The van der Waals surface area contributed by atoms with Gasteiger partial charge in [-0.3, -0.25) is 14.7 Å². The van der Waals surface area contributed by atoms with Crippen LogP contribution < -0.4 is 5.32 Å². The molecular weight excluding hydrogens is 351 g/mol. The van der Waals surface area contributed by atoms with Crippen molar-refractivity contribution in [3.05, 3.63) is 36.0 Å². The smallest absolute Gasteiger partial charge is 0.433 e. The van der Waals surface area contributed by atoms with E-state index in [1.54, 1.807) is 32.0 Å². The van der Waals surface area contributed by atoms with Crippen LogP contribution in [0.5, 0.6) is 0 Å². The summed E-state index contributed by atoms with van der Waals surface area (Å²) in [6, 6.07) is 7.73. The van der Waals surface area contributed by atoms with E-state index in [4.69, 9.17) is 5.11 Å². The van der Waals surface area contributed by atoms with Crippen LogP contribution in [0.15, 0.2) is 30.3 Å². The summed E-state index contributed by atoms with van der Waals surface area (Å²) in [7, 11) is 0. The van der Waals surface area contributed by atoms with Crippen molar-refractivity contribution in [3.63, 3.8) is 0 Å². The number of hydrogen-bond donors (Lipinski definition) is 3. The molecule has 26 heavy (non-hydrogen) atoms. The molecule has 0 aliphatic heterocycles. The van der Waals surface area contributed by atoms with Crippen molar-refractivity contribution in [1.29, 1.82) is 0 Å². The van der Waals surface area contributed by atoms with Crippen molar-refractivity contribution in [2.24, 2.45) is 17.3 Å². The fraction of sp³-hybridized carbons (Fsp3) is 0.353. The number of carbonyl (C=O) groups excluding carboxylic acids is 1. The SMILES string of the molecule is CC1(C)[C@H](C(=O)O)[C@H]1C(=O)Nc1n[nH]c(C(F)(F)F)c1-c1ccccc1. The molecule has 0 saturated heterocycles. The van der Waals surface area contributed by atoms with E-state index in [0.29, 0.717) is 0 Å². The van der Waals surface area contributed by atoms with E-state index in [1.807, 2.05) is 5.10 Å². The molecule has 2 atom stereocenters. The van der Waals surface area contributed by atoms with Gasteiger partial charge >= 0.3 is 12.1 Å². The third-order valence-corrected chi connectivity index (χ3v) is 4.73. The Morgan fingerprint density at radius 2 is 1.81 bits per heavy atom. The molecule has 1 fully saturated rings. The Morgan fingerprint density at radius 1 is 1.19 bits per heavy atom. The molecule has 138 valence electrons. The normalized spacial score (nSPS) is 21.3. The standard InChI is InChI=1S/C17H16F3N3O3/c1-16(2)10(11(16)15(25)26)14(24)21-13-9(8-6-4-3-5-7-8)12(22-23-13)17(18,19)20/h3-7,10-11H,1-2H3,(H,25,26)(H2,21,22,23,24)/t10-,11-/m0/s1. The van der Waals surface area contributed by atoms with Crippen molar-refractivity contribution in [2.45, 2.75) is 20.0 Å². The third-order valence-electron chi connectivity index (χ3n) is 4.73. The van der Waals surface area contributed by atoms with Crippen LogP contribution in [0.4, 0.5) is 19.0 Å². The first-order valence-corrected chi connectivity index (χ1v) is 7.79.